The minimum atomic E-state index is -0.976. The van der Waals surface area contributed by atoms with Crippen molar-refractivity contribution < 1.29 is 9.90 Å². The van der Waals surface area contributed by atoms with Gasteiger partial charge >= 0.3 is 5.97 Å². The standard InChI is InChI=1S/C14H19N3O2/c18-14(19)11-8-12(15-10-4-2-1-3-5-10)17-13(16-11)9-6-7-9/h8-10H,1-7H2,(H,18,19)(H,15,16,17). The number of aromatic carboxylic acids is 1. The summed E-state index contributed by atoms with van der Waals surface area (Å²) in [6.45, 7) is 0. The predicted molar refractivity (Wildman–Crippen MR) is 71.5 cm³/mol. The first-order valence-electron chi connectivity index (χ1n) is 7.11. The molecule has 2 aliphatic carbocycles. The molecular formula is C14H19N3O2. The van der Waals surface area contributed by atoms with E-state index in [1.165, 1.54) is 19.3 Å². The third kappa shape index (κ3) is 3.03. The zero-order valence-electron chi connectivity index (χ0n) is 10.9. The Morgan fingerprint density at radius 2 is 1.89 bits per heavy atom. The van der Waals surface area contributed by atoms with Gasteiger partial charge in [0.1, 0.15) is 11.6 Å². The van der Waals surface area contributed by atoms with Crippen LogP contribution in [0, 0.1) is 0 Å². The Bertz CT molecular complexity index is 480. The van der Waals surface area contributed by atoms with Crippen molar-refractivity contribution >= 4 is 11.8 Å². The lowest BCUT2D eigenvalue weighted by Crippen LogP contribution is -2.23. The van der Waals surface area contributed by atoms with Crippen LogP contribution in [0.1, 0.15) is 67.2 Å². The van der Waals surface area contributed by atoms with Crippen molar-refractivity contribution in [2.45, 2.75) is 56.9 Å². The molecule has 3 rings (SSSR count). The molecule has 1 heterocycles. The second kappa shape index (κ2) is 5.15. The SMILES string of the molecule is O=C(O)c1cc(NC2CCCCC2)nc(C2CC2)n1. The fraction of sp³-hybridized carbons (Fsp3) is 0.643. The Hall–Kier alpha value is -1.65. The average molecular weight is 261 g/mol. The van der Waals surface area contributed by atoms with Gasteiger partial charge in [0.15, 0.2) is 5.69 Å². The number of nitrogens with zero attached hydrogens (tertiary/aromatic N) is 2. The van der Waals surface area contributed by atoms with Gasteiger partial charge in [0.2, 0.25) is 0 Å². The molecule has 1 aromatic rings. The van der Waals surface area contributed by atoms with Gasteiger partial charge in [-0.2, -0.15) is 0 Å². The Kier molecular flexibility index (Phi) is 3.36. The molecule has 0 aromatic carbocycles. The Labute approximate surface area is 112 Å². The van der Waals surface area contributed by atoms with Crippen molar-refractivity contribution in [3.05, 3.63) is 17.6 Å². The van der Waals surface area contributed by atoms with Gasteiger partial charge in [-0.1, -0.05) is 19.3 Å². The fourth-order valence-corrected chi connectivity index (χ4v) is 2.63. The smallest absolute Gasteiger partial charge is 0.354 e. The van der Waals surface area contributed by atoms with Crippen molar-refractivity contribution in [3.8, 4) is 0 Å². The molecule has 0 bridgehead atoms. The number of anilines is 1. The van der Waals surface area contributed by atoms with Gasteiger partial charge in [0.05, 0.1) is 0 Å². The third-order valence-electron chi connectivity index (χ3n) is 3.86. The molecule has 5 nitrogen and oxygen atoms in total. The fourth-order valence-electron chi connectivity index (χ4n) is 2.63. The summed E-state index contributed by atoms with van der Waals surface area (Å²) in [6.07, 6.45) is 8.22. The summed E-state index contributed by atoms with van der Waals surface area (Å²) in [5.74, 6) is 0.765. The van der Waals surface area contributed by atoms with E-state index in [9.17, 15) is 4.79 Å². The average Bonchev–Trinajstić information content (AvgIpc) is 3.24. The lowest BCUT2D eigenvalue weighted by atomic mass is 9.95. The topological polar surface area (TPSA) is 75.1 Å². The first-order valence-corrected chi connectivity index (χ1v) is 7.11. The van der Waals surface area contributed by atoms with E-state index in [2.05, 4.69) is 15.3 Å². The van der Waals surface area contributed by atoms with Crippen molar-refractivity contribution in [1.82, 2.24) is 9.97 Å². The van der Waals surface area contributed by atoms with Crippen LogP contribution in [0.3, 0.4) is 0 Å². The van der Waals surface area contributed by atoms with Gasteiger partial charge in [-0.25, -0.2) is 14.8 Å². The molecule has 102 valence electrons. The van der Waals surface area contributed by atoms with Crippen molar-refractivity contribution in [2.75, 3.05) is 5.32 Å². The molecule has 1 aromatic heterocycles. The number of rotatable bonds is 4. The van der Waals surface area contributed by atoms with Crippen molar-refractivity contribution in [1.29, 1.82) is 0 Å². The Morgan fingerprint density at radius 1 is 1.16 bits per heavy atom. The predicted octanol–water partition coefficient (Wildman–Crippen LogP) is 2.80. The summed E-state index contributed by atoms with van der Waals surface area (Å²) in [6, 6.07) is 1.99. The largest absolute Gasteiger partial charge is 0.477 e. The molecule has 0 atom stereocenters. The van der Waals surface area contributed by atoms with Crippen LogP contribution in [-0.4, -0.2) is 27.1 Å². The maximum atomic E-state index is 11.1. The maximum absolute atomic E-state index is 11.1. The lowest BCUT2D eigenvalue weighted by molar-refractivity contribution is 0.0690. The van der Waals surface area contributed by atoms with E-state index in [1.807, 2.05) is 0 Å². The molecule has 19 heavy (non-hydrogen) atoms. The normalized spacial score (nSPS) is 20.2. The minimum Gasteiger partial charge on any atom is -0.477 e. The zero-order valence-corrected chi connectivity index (χ0v) is 10.9. The molecule has 0 amide bonds. The number of aromatic nitrogens is 2. The lowest BCUT2D eigenvalue weighted by Gasteiger charge is -2.23. The molecular weight excluding hydrogens is 242 g/mol. The van der Waals surface area contributed by atoms with Gasteiger partial charge in [0, 0.05) is 18.0 Å². The number of carboxylic acids is 1. The Balaban J connectivity index is 1.80. The van der Waals surface area contributed by atoms with Crippen LogP contribution in [0.15, 0.2) is 6.07 Å². The monoisotopic (exact) mass is 261 g/mol. The van der Waals surface area contributed by atoms with E-state index >= 15 is 0 Å². The number of hydrogen-bond acceptors (Lipinski definition) is 4. The van der Waals surface area contributed by atoms with Crippen LogP contribution in [0.25, 0.3) is 0 Å². The quantitative estimate of drug-likeness (QED) is 0.871. The van der Waals surface area contributed by atoms with Crippen LogP contribution in [0.5, 0.6) is 0 Å². The second-order valence-electron chi connectivity index (χ2n) is 5.56. The maximum Gasteiger partial charge on any atom is 0.354 e. The van der Waals surface area contributed by atoms with Crippen molar-refractivity contribution in [2.24, 2.45) is 0 Å². The van der Waals surface area contributed by atoms with Gasteiger partial charge < -0.3 is 10.4 Å². The molecule has 0 saturated heterocycles. The van der Waals surface area contributed by atoms with Gasteiger partial charge in [0.25, 0.3) is 0 Å². The summed E-state index contributed by atoms with van der Waals surface area (Å²) in [4.78, 5) is 19.7. The first-order chi connectivity index (χ1) is 9.22. The van der Waals surface area contributed by atoms with Crippen LogP contribution in [0.2, 0.25) is 0 Å². The summed E-state index contributed by atoms with van der Waals surface area (Å²) in [5.41, 5.74) is 0.107. The Morgan fingerprint density at radius 3 is 2.53 bits per heavy atom. The first kappa shape index (κ1) is 12.4. The molecule has 0 radical (unpaired) electrons. The van der Waals surface area contributed by atoms with E-state index in [-0.39, 0.29) is 5.69 Å². The van der Waals surface area contributed by atoms with Crippen LogP contribution in [0.4, 0.5) is 5.82 Å². The van der Waals surface area contributed by atoms with E-state index in [1.54, 1.807) is 6.07 Å². The number of carbonyl (C=O) groups is 1. The van der Waals surface area contributed by atoms with Gasteiger partial charge in [-0.3, -0.25) is 0 Å². The second-order valence-corrected chi connectivity index (χ2v) is 5.56. The molecule has 5 heteroatoms. The van der Waals surface area contributed by atoms with Gasteiger partial charge in [-0.05, 0) is 25.7 Å². The van der Waals surface area contributed by atoms with Gasteiger partial charge in [-0.15, -0.1) is 0 Å². The number of nitrogens with one attached hydrogen (secondary N) is 1. The summed E-state index contributed by atoms with van der Waals surface area (Å²) in [5, 5.41) is 12.5. The molecule has 2 saturated carbocycles. The molecule has 0 unspecified atom stereocenters. The van der Waals surface area contributed by atoms with E-state index in [4.69, 9.17) is 5.11 Å². The third-order valence-corrected chi connectivity index (χ3v) is 3.86. The zero-order chi connectivity index (χ0) is 13.2. The van der Waals surface area contributed by atoms with E-state index in [0.29, 0.717) is 23.6 Å². The van der Waals surface area contributed by atoms with Crippen LogP contribution < -0.4 is 5.32 Å². The highest BCUT2D eigenvalue weighted by Crippen LogP contribution is 2.38. The number of hydrogen-bond donors (Lipinski definition) is 2. The highest BCUT2D eigenvalue weighted by Gasteiger charge is 2.28. The molecule has 2 aliphatic rings. The molecule has 2 N–H and O–H groups in total. The minimum absolute atomic E-state index is 0.107. The summed E-state index contributed by atoms with van der Waals surface area (Å²) in [7, 11) is 0. The highest BCUT2D eigenvalue weighted by molar-refractivity contribution is 5.86. The molecule has 0 spiro atoms. The number of carboxylic acid groups (broad SMARTS) is 1. The van der Waals surface area contributed by atoms with E-state index < -0.39 is 5.97 Å². The van der Waals surface area contributed by atoms with E-state index in [0.717, 1.165) is 25.7 Å². The van der Waals surface area contributed by atoms with Crippen molar-refractivity contribution in [3.63, 3.8) is 0 Å². The summed E-state index contributed by atoms with van der Waals surface area (Å²) >= 11 is 0. The van der Waals surface area contributed by atoms with Crippen LogP contribution in [-0.2, 0) is 0 Å². The summed E-state index contributed by atoms with van der Waals surface area (Å²) < 4.78 is 0. The molecule has 2 fully saturated rings. The van der Waals surface area contributed by atoms with Crippen LogP contribution >= 0.6 is 0 Å². The molecule has 0 aliphatic heterocycles. The highest BCUT2D eigenvalue weighted by atomic mass is 16.4.